The van der Waals surface area contributed by atoms with Crippen LogP contribution in [-0.2, 0) is 9.59 Å². The molecule has 0 saturated carbocycles. The lowest BCUT2D eigenvalue weighted by molar-refractivity contribution is -0.141. The summed E-state index contributed by atoms with van der Waals surface area (Å²) in [5.74, 6) is 1.33. The fourth-order valence-electron chi connectivity index (χ4n) is 2.66. The number of likely N-dealkylation sites (N-methyl/N-ethyl adjacent to an activating group) is 1. The minimum absolute atomic E-state index is 0.00681. The molecule has 0 unspecified atom stereocenters. The predicted octanol–water partition coefficient (Wildman–Crippen LogP) is 2.42. The first-order valence-electron chi connectivity index (χ1n) is 8.17. The molecule has 0 radical (unpaired) electrons. The molecule has 130 valence electrons. The number of carbonyl (C=O) groups excluding carboxylic acids is 3. The maximum atomic E-state index is 12.4. The Morgan fingerprint density at radius 1 is 1.12 bits per heavy atom. The van der Waals surface area contributed by atoms with Gasteiger partial charge in [0.15, 0.2) is 5.78 Å². The summed E-state index contributed by atoms with van der Waals surface area (Å²) in [6.45, 7) is 0. The maximum absolute atomic E-state index is 12.4. The molecule has 0 aliphatic carbocycles. The Hall–Kier alpha value is -1.82. The van der Waals surface area contributed by atoms with Crippen molar-refractivity contribution in [1.29, 1.82) is 0 Å². The molecule has 1 aromatic rings. The number of nitrogens with zero attached hydrogens (tertiary/aromatic N) is 2. The highest BCUT2D eigenvalue weighted by molar-refractivity contribution is 7.99. The van der Waals surface area contributed by atoms with E-state index in [-0.39, 0.29) is 23.6 Å². The average Bonchev–Trinajstić information content (AvgIpc) is 3.08. The van der Waals surface area contributed by atoms with Crippen molar-refractivity contribution in [3.63, 3.8) is 0 Å². The lowest BCUT2D eigenvalue weighted by atomic mass is 10.0. The van der Waals surface area contributed by atoms with Crippen molar-refractivity contribution in [1.82, 2.24) is 9.80 Å². The molecule has 6 heteroatoms. The minimum Gasteiger partial charge on any atom is -0.347 e. The third kappa shape index (κ3) is 4.84. The van der Waals surface area contributed by atoms with Crippen LogP contribution >= 0.6 is 11.8 Å². The van der Waals surface area contributed by atoms with Crippen molar-refractivity contribution in [2.24, 2.45) is 0 Å². The first kappa shape index (κ1) is 18.5. The number of unbranched alkanes of at least 4 members (excludes halogenated alkanes) is 1. The van der Waals surface area contributed by atoms with E-state index < -0.39 is 0 Å². The quantitative estimate of drug-likeness (QED) is 0.561. The van der Waals surface area contributed by atoms with E-state index in [2.05, 4.69) is 0 Å². The topological polar surface area (TPSA) is 57.7 Å². The van der Waals surface area contributed by atoms with Gasteiger partial charge in [0.1, 0.15) is 6.04 Å². The highest BCUT2D eigenvalue weighted by Crippen LogP contribution is 2.23. The monoisotopic (exact) mass is 348 g/mol. The summed E-state index contributed by atoms with van der Waals surface area (Å²) in [7, 11) is 3.42. The van der Waals surface area contributed by atoms with Gasteiger partial charge in [0.25, 0.3) is 0 Å². The molecule has 1 heterocycles. The molecule has 1 fully saturated rings. The van der Waals surface area contributed by atoms with Crippen molar-refractivity contribution in [2.75, 3.05) is 25.7 Å². The van der Waals surface area contributed by atoms with Gasteiger partial charge in [-0.1, -0.05) is 30.3 Å². The van der Waals surface area contributed by atoms with E-state index >= 15 is 0 Å². The first-order valence-corrected chi connectivity index (χ1v) is 9.33. The fourth-order valence-corrected chi connectivity index (χ4v) is 3.84. The van der Waals surface area contributed by atoms with E-state index in [1.807, 2.05) is 30.3 Å². The van der Waals surface area contributed by atoms with E-state index in [1.165, 1.54) is 4.90 Å². The summed E-state index contributed by atoms with van der Waals surface area (Å²) in [6, 6.07) is 8.87. The largest absolute Gasteiger partial charge is 0.347 e. The smallest absolute Gasteiger partial charge is 0.245 e. The highest BCUT2D eigenvalue weighted by atomic mass is 32.2. The molecule has 2 rings (SSSR count). The molecule has 0 N–H and O–H groups in total. The Bertz CT molecular complexity index is 589. The Morgan fingerprint density at radius 3 is 2.46 bits per heavy atom. The Morgan fingerprint density at radius 2 is 1.79 bits per heavy atom. The van der Waals surface area contributed by atoms with E-state index in [0.717, 1.165) is 5.56 Å². The molecule has 1 aromatic carbocycles. The van der Waals surface area contributed by atoms with Crippen molar-refractivity contribution in [3.8, 4) is 0 Å². The molecule has 5 nitrogen and oxygen atoms in total. The third-order valence-electron chi connectivity index (χ3n) is 4.07. The molecular formula is C18H24N2O3S. The van der Waals surface area contributed by atoms with Gasteiger partial charge in [-0.3, -0.25) is 14.4 Å². The van der Waals surface area contributed by atoms with Crippen LogP contribution in [0.3, 0.4) is 0 Å². The van der Waals surface area contributed by atoms with Crippen LogP contribution in [0.5, 0.6) is 0 Å². The van der Waals surface area contributed by atoms with Crippen LogP contribution in [0.1, 0.15) is 36.0 Å². The number of benzene rings is 1. The summed E-state index contributed by atoms with van der Waals surface area (Å²) < 4.78 is 0. The standard InChI is InChI=1S/C18H24N2O3S/c1-19(2)18(23)15-12-24-13-20(15)17(22)11-7-6-10-16(21)14-8-4-3-5-9-14/h3-5,8-9,15H,6-7,10-13H2,1-2H3/t15-/m1/s1. The second kappa shape index (κ2) is 8.87. The molecule has 0 aromatic heterocycles. The number of ketones is 1. The van der Waals surface area contributed by atoms with E-state index in [4.69, 9.17) is 0 Å². The Kier molecular flexibility index (Phi) is 6.85. The summed E-state index contributed by atoms with van der Waals surface area (Å²) in [6.07, 6.45) is 2.19. The maximum Gasteiger partial charge on any atom is 0.245 e. The summed E-state index contributed by atoms with van der Waals surface area (Å²) in [5.41, 5.74) is 0.719. The normalized spacial score (nSPS) is 16.9. The van der Waals surface area contributed by atoms with E-state index in [9.17, 15) is 14.4 Å². The zero-order valence-corrected chi connectivity index (χ0v) is 15.1. The first-order chi connectivity index (χ1) is 11.5. The number of Topliss-reactive ketones (excluding diaryl/α,β-unsaturated/α-hetero) is 1. The van der Waals surface area contributed by atoms with Crippen molar-refractivity contribution < 1.29 is 14.4 Å². The number of carbonyl (C=O) groups is 3. The Balaban J connectivity index is 1.75. The van der Waals surface area contributed by atoms with Crippen LogP contribution in [-0.4, -0.2) is 59.2 Å². The van der Waals surface area contributed by atoms with E-state index in [0.29, 0.717) is 37.3 Å². The molecule has 1 atom stereocenters. The van der Waals surface area contributed by atoms with Gasteiger partial charge < -0.3 is 9.80 Å². The number of thioether (sulfide) groups is 1. The third-order valence-corrected chi connectivity index (χ3v) is 5.08. The van der Waals surface area contributed by atoms with Gasteiger partial charge in [0.05, 0.1) is 5.88 Å². The van der Waals surface area contributed by atoms with Gasteiger partial charge in [-0.15, -0.1) is 11.8 Å². The van der Waals surface area contributed by atoms with Gasteiger partial charge in [0, 0.05) is 38.3 Å². The van der Waals surface area contributed by atoms with Crippen LogP contribution in [0.4, 0.5) is 0 Å². The van der Waals surface area contributed by atoms with E-state index in [1.54, 1.807) is 30.8 Å². The molecule has 2 amide bonds. The lowest BCUT2D eigenvalue weighted by Crippen LogP contribution is -2.46. The van der Waals surface area contributed by atoms with Crippen molar-refractivity contribution in [2.45, 2.75) is 31.7 Å². The van der Waals surface area contributed by atoms with Crippen LogP contribution < -0.4 is 0 Å². The molecule has 1 aliphatic heterocycles. The number of hydrogen-bond acceptors (Lipinski definition) is 4. The SMILES string of the molecule is CN(C)C(=O)[C@H]1CSCN1C(=O)CCCCC(=O)c1ccccc1. The van der Waals surface area contributed by atoms with Crippen LogP contribution in [0.2, 0.25) is 0 Å². The molecule has 1 aliphatic rings. The number of hydrogen-bond donors (Lipinski definition) is 0. The fraction of sp³-hybridized carbons (Fsp3) is 0.500. The van der Waals surface area contributed by atoms with Crippen LogP contribution in [0.25, 0.3) is 0 Å². The highest BCUT2D eigenvalue weighted by Gasteiger charge is 2.34. The van der Waals surface area contributed by atoms with Gasteiger partial charge in [-0.25, -0.2) is 0 Å². The van der Waals surface area contributed by atoms with Gasteiger partial charge in [0.2, 0.25) is 11.8 Å². The van der Waals surface area contributed by atoms with Gasteiger partial charge in [-0.05, 0) is 12.8 Å². The average molecular weight is 348 g/mol. The summed E-state index contributed by atoms with van der Waals surface area (Å²) in [4.78, 5) is 39.7. The second-order valence-corrected chi connectivity index (χ2v) is 7.11. The molecule has 24 heavy (non-hydrogen) atoms. The number of amides is 2. The Labute approximate surface area is 147 Å². The molecule has 0 spiro atoms. The lowest BCUT2D eigenvalue weighted by Gasteiger charge is -2.25. The molecule has 1 saturated heterocycles. The van der Waals surface area contributed by atoms with Gasteiger partial charge >= 0.3 is 0 Å². The predicted molar refractivity (Wildman–Crippen MR) is 95.9 cm³/mol. The number of rotatable bonds is 7. The zero-order valence-electron chi connectivity index (χ0n) is 14.2. The summed E-state index contributed by atoms with van der Waals surface area (Å²) in [5, 5.41) is 0. The van der Waals surface area contributed by atoms with Crippen LogP contribution in [0, 0.1) is 0 Å². The second-order valence-electron chi connectivity index (χ2n) is 6.11. The van der Waals surface area contributed by atoms with Gasteiger partial charge in [-0.2, -0.15) is 0 Å². The van der Waals surface area contributed by atoms with Crippen molar-refractivity contribution >= 4 is 29.4 Å². The molecule has 0 bridgehead atoms. The summed E-state index contributed by atoms with van der Waals surface area (Å²) >= 11 is 1.61. The van der Waals surface area contributed by atoms with Crippen LogP contribution in [0.15, 0.2) is 30.3 Å². The van der Waals surface area contributed by atoms with Crippen molar-refractivity contribution in [3.05, 3.63) is 35.9 Å². The zero-order chi connectivity index (χ0) is 17.5. The molecular weight excluding hydrogens is 324 g/mol. The minimum atomic E-state index is -0.344.